The van der Waals surface area contributed by atoms with Gasteiger partial charge in [-0.2, -0.15) is 0 Å². The molecule has 96 heavy (non-hydrogen) atoms. The molecule has 0 fully saturated rings. The number of aliphatic hydroxyl groups excluding tert-OH is 1. The van der Waals surface area contributed by atoms with Gasteiger partial charge in [0.05, 0.1) is 26.4 Å². The van der Waals surface area contributed by atoms with Gasteiger partial charge in [0, 0.05) is 25.7 Å². The Morgan fingerprint density at radius 1 is 0.292 bits per heavy atom. The molecule has 0 spiro atoms. The van der Waals surface area contributed by atoms with Crippen LogP contribution in [0.15, 0.2) is 0 Å². The van der Waals surface area contributed by atoms with Crippen LogP contribution in [0.25, 0.3) is 0 Å². The minimum atomic E-state index is -4.96. The summed E-state index contributed by atoms with van der Waals surface area (Å²) in [5.74, 6) is 0.954. The van der Waals surface area contributed by atoms with Gasteiger partial charge < -0.3 is 33.8 Å². The van der Waals surface area contributed by atoms with Crippen molar-refractivity contribution in [1.82, 2.24) is 0 Å². The van der Waals surface area contributed by atoms with Gasteiger partial charge in [-0.15, -0.1) is 0 Å². The van der Waals surface area contributed by atoms with E-state index in [4.69, 9.17) is 37.0 Å². The lowest BCUT2D eigenvalue weighted by atomic mass is 9.99. The first-order chi connectivity index (χ1) is 46.2. The van der Waals surface area contributed by atoms with Crippen molar-refractivity contribution in [2.45, 2.75) is 408 Å². The Morgan fingerprint density at radius 2 is 0.500 bits per heavy atom. The van der Waals surface area contributed by atoms with Gasteiger partial charge in [-0.25, -0.2) is 9.13 Å². The number of phosphoric acid groups is 2. The summed E-state index contributed by atoms with van der Waals surface area (Å²) in [6, 6.07) is 0. The van der Waals surface area contributed by atoms with E-state index in [1.54, 1.807) is 0 Å². The SMILES string of the molecule is CCC(C)CCCCCCCCCCCCCCCCCCCCC(=O)O[C@H](COC(=O)CCCCCCCCCCCCC(C)C)COP(=O)(O)OC[C@@H](O)COP(=O)(O)OC[C@@H](COC(=O)CCCCCCCCC(C)C)OC(=O)CCCCCCCCCCC(C)CC. The third-order valence-corrected chi connectivity index (χ3v) is 20.4. The molecule has 0 aromatic heterocycles. The normalized spacial score (nSPS) is 14.7. The topological polar surface area (TPSA) is 237 Å². The Labute approximate surface area is 588 Å². The van der Waals surface area contributed by atoms with E-state index in [1.165, 1.54) is 186 Å². The molecule has 7 atom stereocenters. The lowest BCUT2D eigenvalue weighted by Gasteiger charge is -2.21. The van der Waals surface area contributed by atoms with Crippen LogP contribution in [0.3, 0.4) is 0 Å². The molecule has 0 saturated carbocycles. The quantitative estimate of drug-likeness (QED) is 0.0222. The second-order valence-corrected chi connectivity index (χ2v) is 32.1. The first kappa shape index (κ1) is 94.1. The van der Waals surface area contributed by atoms with Crippen LogP contribution in [0.5, 0.6) is 0 Å². The number of carbonyl (C=O) groups is 4. The fourth-order valence-corrected chi connectivity index (χ4v) is 13.2. The van der Waals surface area contributed by atoms with Crippen molar-refractivity contribution in [3.63, 3.8) is 0 Å². The number of esters is 4. The highest BCUT2D eigenvalue weighted by Gasteiger charge is 2.30. The molecule has 0 amide bonds. The minimum absolute atomic E-state index is 0.104. The minimum Gasteiger partial charge on any atom is -0.462 e. The highest BCUT2D eigenvalue weighted by atomic mass is 31.2. The highest BCUT2D eigenvalue weighted by molar-refractivity contribution is 7.47. The molecule has 0 radical (unpaired) electrons. The van der Waals surface area contributed by atoms with E-state index in [2.05, 4.69) is 55.4 Å². The fraction of sp³-hybridized carbons (Fsp3) is 0.948. The number of ether oxygens (including phenoxy) is 4. The summed E-state index contributed by atoms with van der Waals surface area (Å²) < 4.78 is 68.5. The number of rotatable bonds is 74. The Hall–Kier alpha value is -1.94. The maximum Gasteiger partial charge on any atom is 0.472 e. The summed E-state index contributed by atoms with van der Waals surface area (Å²) in [5, 5.41) is 10.6. The van der Waals surface area contributed by atoms with E-state index >= 15 is 0 Å². The van der Waals surface area contributed by atoms with E-state index in [0.717, 1.165) is 114 Å². The van der Waals surface area contributed by atoms with E-state index in [1.807, 2.05) is 0 Å². The van der Waals surface area contributed by atoms with Gasteiger partial charge in [0.1, 0.15) is 19.3 Å². The number of hydrogen-bond donors (Lipinski definition) is 3. The second-order valence-electron chi connectivity index (χ2n) is 29.2. The van der Waals surface area contributed by atoms with Crippen LogP contribution >= 0.6 is 15.6 Å². The summed E-state index contributed by atoms with van der Waals surface area (Å²) >= 11 is 0. The van der Waals surface area contributed by atoms with Gasteiger partial charge in [0.15, 0.2) is 12.2 Å². The van der Waals surface area contributed by atoms with Crippen molar-refractivity contribution in [2.75, 3.05) is 39.6 Å². The second kappa shape index (κ2) is 66.3. The lowest BCUT2D eigenvalue weighted by Crippen LogP contribution is -2.30. The first-order valence-electron chi connectivity index (χ1n) is 39.8. The van der Waals surface area contributed by atoms with E-state index in [0.29, 0.717) is 31.6 Å². The maximum atomic E-state index is 13.1. The van der Waals surface area contributed by atoms with Crippen LogP contribution in [0, 0.1) is 23.7 Å². The van der Waals surface area contributed by atoms with Crippen molar-refractivity contribution < 1.29 is 80.2 Å². The van der Waals surface area contributed by atoms with Crippen molar-refractivity contribution in [2.24, 2.45) is 23.7 Å². The molecule has 3 N–H and O–H groups in total. The van der Waals surface area contributed by atoms with Crippen LogP contribution in [0.4, 0.5) is 0 Å². The van der Waals surface area contributed by atoms with E-state index in [9.17, 15) is 43.2 Å². The molecular weight excluding hydrogens is 1260 g/mol. The zero-order valence-corrected chi connectivity index (χ0v) is 64.8. The van der Waals surface area contributed by atoms with Crippen molar-refractivity contribution in [1.29, 1.82) is 0 Å². The predicted octanol–water partition coefficient (Wildman–Crippen LogP) is 22.4. The largest absolute Gasteiger partial charge is 0.472 e. The summed E-state index contributed by atoms with van der Waals surface area (Å²) in [6.45, 7) is 14.2. The molecule has 0 aromatic rings. The number of hydrogen-bond acceptors (Lipinski definition) is 15. The highest BCUT2D eigenvalue weighted by Crippen LogP contribution is 2.45. The van der Waals surface area contributed by atoms with Gasteiger partial charge in [0.25, 0.3) is 0 Å². The number of phosphoric ester groups is 2. The molecular formula is C77H150O17P2. The summed E-state index contributed by atoms with van der Waals surface area (Å²) in [7, 11) is -9.91. The van der Waals surface area contributed by atoms with Crippen LogP contribution in [-0.2, 0) is 65.4 Å². The van der Waals surface area contributed by atoms with Gasteiger partial charge in [-0.05, 0) is 49.4 Å². The Bertz CT molecular complexity index is 1890. The predicted molar refractivity (Wildman–Crippen MR) is 391 cm³/mol. The van der Waals surface area contributed by atoms with Crippen molar-refractivity contribution in [3.8, 4) is 0 Å². The van der Waals surface area contributed by atoms with Crippen LogP contribution in [0.1, 0.15) is 389 Å². The number of unbranched alkanes of at least 4 members (excludes halogenated alkanes) is 38. The van der Waals surface area contributed by atoms with Crippen LogP contribution in [0.2, 0.25) is 0 Å². The average Bonchev–Trinajstić information content (AvgIpc) is 1.48. The molecule has 0 aromatic carbocycles. The van der Waals surface area contributed by atoms with Crippen LogP contribution in [-0.4, -0.2) is 96.7 Å². The lowest BCUT2D eigenvalue weighted by molar-refractivity contribution is -0.161. The van der Waals surface area contributed by atoms with Gasteiger partial charge in [-0.3, -0.25) is 37.3 Å². The zero-order chi connectivity index (χ0) is 71.0. The van der Waals surface area contributed by atoms with Crippen molar-refractivity contribution in [3.05, 3.63) is 0 Å². The molecule has 0 aliphatic rings. The van der Waals surface area contributed by atoms with Crippen LogP contribution < -0.4 is 0 Å². The summed E-state index contributed by atoms with van der Waals surface area (Å²) in [6.07, 6.45) is 51.5. The smallest absolute Gasteiger partial charge is 0.462 e. The van der Waals surface area contributed by atoms with E-state index < -0.39 is 97.5 Å². The molecule has 0 bridgehead atoms. The van der Waals surface area contributed by atoms with Gasteiger partial charge in [-0.1, -0.05) is 338 Å². The van der Waals surface area contributed by atoms with Crippen molar-refractivity contribution >= 4 is 39.5 Å². The zero-order valence-electron chi connectivity index (χ0n) is 63.0. The number of aliphatic hydroxyl groups is 1. The van der Waals surface area contributed by atoms with E-state index in [-0.39, 0.29) is 25.7 Å². The standard InChI is InChI=1S/C77H150O17P2/c1-9-69(7)55-47-39-30-24-19-17-15-13-11-12-14-16-18-20-26-33-43-51-59-76(81)93-72(63-87-74(79)57-49-41-32-25-22-21-23-29-37-45-53-67(3)4)65-91-95(83,84)89-61-71(78)62-90-96(85,86)92-66-73(64-88-75(80)58-50-42-36-35-38-46-54-68(5)6)94-77(82)60-52-44-34-28-27-31-40-48-56-70(8)10-2/h67-73,78H,9-66H2,1-8H3,(H,83,84)(H,85,86)/t69?,70?,71-,72-,73-/m1/s1. The first-order valence-corrected chi connectivity index (χ1v) is 42.8. The molecule has 0 heterocycles. The molecule has 570 valence electrons. The monoisotopic (exact) mass is 1410 g/mol. The average molecular weight is 1410 g/mol. The molecule has 17 nitrogen and oxygen atoms in total. The third kappa shape index (κ3) is 67.9. The maximum absolute atomic E-state index is 13.1. The van der Waals surface area contributed by atoms with Gasteiger partial charge in [0.2, 0.25) is 0 Å². The summed E-state index contributed by atoms with van der Waals surface area (Å²) in [4.78, 5) is 72.8. The molecule has 0 saturated heterocycles. The Kier molecular flexibility index (Phi) is 65.0. The molecule has 4 unspecified atom stereocenters. The fourth-order valence-electron chi connectivity index (χ4n) is 11.7. The molecule has 0 aliphatic carbocycles. The Balaban J connectivity index is 5.19. The molecule has 0 rings (SSSR count). The molecule has 0 aliphatic heterocycles. The third-order valence-electron chi connectivity index (χ3n) is 18.5. The Morgan fingerprint density at radius 3 is 0.740 bits per heavy atom. The number of carbonyl (C=O) groups excluding carboxylic acids is 4. The van der Waals surface area contributed by atoms with Gasteiger partial charge >= 0.3 is 39.5 Å². The summed E-state index contributed by atoms with van der Waals surface area (Å²) in [5.41, 5.74) is 0. The molecule has 19 heteroatoms.